The molecule has 0 radical (unpaired) electrons. The van der Waals surface area contributed by atoms with Gasteiger partial charge in [-0.05, 0) is 37.3 Å². The van der Waals surface area contributed by atoms with Crippen LogP contribution in [0.25, 0.3) is 0 Å². The molecular formula is C19H26N4O2. The average molecular weight is 342 g/mol. The number of primary amides is 1. The van der Waals surface area contributed by atoms with Crippen LogP contribution in [0.1, 0.15) is 28.0 Å². The lowest BCUT2D eigenvalue weighted by Crippen LogP contribution is -2.40. The van der Waals surface area contributed by atoms with Gasteiger partial charge in [0.2, 0.25) is 0 Å². The van der Waals surface area contributed by atoms with Crippen LogP contribution in [-0.2, 0) is 24.1 Å². The van der Waals surface area contributed by atoms with Gasteiger partial charge < -0.3 is 15.8 Å². The van der Waals surface area contributed by atoms with E-state index in [4.69, 9.17) is 10.5 Å². The number of fused-ring (bicyclic) bond motifs is 1. The first-order valence-corrected chi connectivity index (χ1v) is 8.78. The molecule has 1 aromatic carbocycles. The molecule has 1 aliphatic rings. The van der Waals surface area contributed by atoms with E-state index in [9.17, 15) is 4.79 Å². The maximum Gasteiger partial charge on any atom is 0.252 e. The molecule has 0 spiro atoms. The Labute approximate surface area is 148 Å². The molecular weight excluding hydrogens is 316 g/mol. The van der Waals surface area contributed by atoms with Crippen molar-refractivity contribution >= 4 is 5.91 Å². The van der Waals surface area contributed by atoms with Gasteiger partial charge in [-0.15, -0.1) is 0 Å². The van der Waals surface area contributed by atoms with Crippen LogP contribution >= 0.6 is 0 Å². The SMILES string of the molecule is COCC(Cc1ccccc1)NCC1CCn2ncc(C(N)=O)c2C1. The fourth-order valence-electron chi connectivity index (χ4n) is 3.50. The molecule has 3 rings (SSSR count). The van der Waals surface area contributed by atoms with Gasteiger partial charge >= 0.3 is 0 Å². The number of nitrogens with one attached hydrogen (secondary N) is 1. The van der Waals surface area contributed by atoms with Gasteiger partial charge in [0, 0.05) is 19.7 Å². The Balaban J connectivity index is 1.58. The highest BCUT2D eigenvalue weighted by Crippen LogP contribution is 2.22. The number of benzene rings is 1. The van der Waals surface area contributed by atoms with Crippen molar-refractivity contribution < 1.29 is 9.53 Å². The number of nitrogens with two attached hydrogens (primary N) is 1. The summed E-state index contributed by atoms with van der Waals surface area (Å²) in [4.78, 5) is 11.5. The molecule has 6 nitrogen and oxygen atoms in total. The van der Waals surface area contributed by atoms with Gasteiger partial charge in [-0.2, -0.15) is 5.10 Å². The van der Waals surface area contributed by atoms with E-state index in [2.05, 4.69) is 34.7 Å². The number of aromatic nitrogens is 2. The smallest absolute Gasteiger partial charge is 0.252 e. The van der Waals surface area contributed by atoms with Gasteiger partial charge in [0.05, 0.1) is 24.1 Å². The number of hydrogen-bond donors (Lipinski definition) is 2. The highest BCUT2D eigenvalue weighted by atomic mass is 16.5. The van der Waals surface area contributed by atoms with E-state index >= 15 is 0 Å². The molecule has 1 aliphatic heterocycles. The predicted octanol–water partition coefficient (Wildman–Crippen LogP) is 1.39. The van der Waals surface area contributed by atoms with Crippen molar-refractivity contribution in [1.29, 1.82) is 0 Å². The molecule has 2 atom stereocenters. The van der Waals surface area contributed by atoms with Crippen LogP contribution < -0.4 is 11.1 Å². The third-order valence-electron chi connectivity index (χ3n) is 4.83. The summed E-state index contributed by atoms with van der Waals surface area (Å²) < 4.78 is 7.28. The summed E-state index contributed by atoms with van der Waals surface area (Å²) in [5.41, 5.74) is 8.28. The quantitative estimate of drug-likeness (QED) is 0.759. The van der Waals surface area contributed by atoms with Crippen LogP contribution in [0.3, 0.4) is 0 Å². The molecule has 0 fully saturated rings. The summed E-state index contributed by atoms with van der Waals surface area (Å²) in [7, 11) is 1.73. The van der Waals surface area contributed by atoms with Crippen molar-refractivity contribution in [2.24, 2.45) is 11.7 Å². The number of aryl methyl sites for hydroxylation is 1. The second kappa shape index (κ2) is 8.27. The van der Waals surface area contributed by atoms with Crippen molar-refractivity contribution in [3.8, 4) is 0 Å². The zero-order valence-corrected chi connectivity index (χ0v) is 14.6. The fraction of sp³-hybridized carbons (Fsp3) is 0.474. The normalized spacial score (nSPS) is 17.9. The zero-order valence-electron chi connectivity index (χ0n) is 14.6. The van der Waals surface area contributed by atoms with Crippen LogP contribution in [0.4, 0.5) is 0 Å². The van der Waals surface area contributed by atoms with E-state index in [0.717, 1.165) is 38.0 Å². The van der Waals surface area contributed by atoms with Crippen molar-refractivity contribution in [3.05, 3.63) is 53.3 Å². The molecule has 0 bridgehead atoms. The number of carbonyl (C=O) groups excluding carboxylic acids is 1. The van der Waals surface area contributed by atoms with Gasteiger partial charge in [-0.25, -0.2) is 0 Å². The van der Waals surface area contributed by atoms with Gasteiger partial charge in [0.1, 0.15) is 0 Å². The number of nitrogens with zero attached hydrogens (tertiary/aromatic N) is 2. The van der Waals surface area contributed by atoms with E-state index in [0.29, 0.717) is 18.1 Å². The molecule has 25 heavy (non-hydrogen) atoms. The van der Waals surface area contributed by atoms with E-state index in [1.165, 1.54) is 5.56 Å². The van der Waals surface area contributed by atoms with Crippen LogP contribution in [0.2, 0.25) is 0 Å². The predicted molar refractivity (Wildman–Crippen MR) is 96.4 cm³/mol. The number of hydrogen-bond acceptors (Lipinski definition) is 4. The molecule has 2 aromatic rings. The summed E-state index contributed by atoms with van der Waals surface area (Å²) in [6, 6.07) is 10.7. The summed E-state index contributed by atoms with van der Waals surface area (Å²) >= 11 is 0. The number of carbonyl (C=O) groups is 1. The molecule has 0 aliphatic carbocycles. The van der Waals surface area contributed by atoms with Crippen LogP contribution in [0, 0.1) is 5.92 Å². The number of rotatable bonds is 8. The maximum absolute atomic E-state index is 11.5. The Morgan fingerprint density at radius 3 is 2.96 bits per heavy atom. The third kappa shape index (κ3) is 4.46. The second-order valence-electron chi connectivity index (χ2n) is 6.70. The van der Waals surface area contributed by atoms with Crippen molar-refractivity contribution in [2.45, 2.75) is 31.8 Å². The van der Waals surface area contributed by atoms with Crippen molar-refractivity contribution in [1.82, 2.24) is 15.1 Å². The highest BCUT2D eigenvalue weighted by Gasteiger charge is 2.24. The van der Waals surface area contributed by atoms with Gasteiger partial charge in [0.25, 0.3) is 5.91 Å². The number of amides is 1. The lowest BCUT2D eigenvalue weighted by atomic mass is 9.93. The zero-order chi connectivity index (χ0) is 17.6. The van der Waals surface area contributed by atoms with Crippen LogP contribution in [0.5, 0.6) is 0 Å². The molecule has 2 heterocycles. The first kappa shape index (κ1) is 17.6. The summed E-state index contributed by atoms with van der Waals surface area (Å²) in [6.07, 6.45) is 4.41. The monoisotopic (exact) mass is 342 g/mol. The lowest BCUT2D eigenvalue weighted by molar-refractivity contribution is 0.0998. The van der Waals surface area contributed by atoms with Crippen LogP contribution in [0.15, 0.2) is 36.5 Å². The Bertz CT molecular complexity index is 699. The van der Waals surface area contributed by atoms with E-state index in [1.54, 1.807) is 13.3 Å². The molecule has 1 amide bonds. The van der Waals surface area contributed by atoms with Gasteiger partial charge in [-0.1, -0.05) is 30.3 Å². The summed E-state index contributed by atoms with van der Waals surface area (Å²) in [6.45, 7) is 2.40. The van der Waals surface area contributed by atoms with Crippen LogP contribution in [-0.4, -0.2) is 42.0 Å². The molecule has 0 saturated carbocycles. The number of ether oxygens (including phenoxy) is 1. The molecule has 134 valence electrons. The largest absolute Gasteiger partial charge is 0.383 e. The highest BCUT2D eigenvalue weighted by molar-refractivity contribution is 5.93. The van der Waals surface area contributed by atoms with E-state index in [-0.39, 0.29) is 6.04 Å². The summed E-state index contributed by atoms with van der Waals surface area (Å²) in [5, 5.41) is 7.91. The third-order valence-corrected chi connectivity index (χ3v) is 4.83. The first-order chi connectivity index (χ1) is 12.2. The molecule has 6 heteroatoms. The number of methoxy groups -OCH3 is 1. The maximum atomic E-state index is 11.5. The van der Waals surface area contributed by atoms with Crippen molar-refractivity contribution in [3.63, 3.8) is 0 Å². The van der Waals surface area contributed by atoms with Gasteiger partial charge in [0.15, 0.2) is 0 Å². The summed E-state index contributed by atoms with van der Waals surface area (Å²) in [5.74, 6) is 0.0774. The first-order valence-electron chi connectivity index (χ1n) is 8.78. The second-order valence-corrected chi connectivity index (χ2v) is 6.70. The van der Waals surface area contributed by atoms with E-state index < -0.39 is 5.91 Å². The van der Waals surface area contributed by atoms with Crippen molar-refractivity contribution in [2.75, 3.05) is 20.3 Å². The minimum Gasteiger partial charge on any atom is -0.383 e. The Hall–Kier alpha value is -2.18. The topological polar surface area (TPSA) is 82.2 Å². The fourth-order valence-corrected chi connectivity index (χ4v) is 3.50. The Morgan fingerprint density at radius 1 is 1.44 bits per heavy atom. The molecule has 3 N–H and O–H groups in total. The minimum absolute atomic E-state index is 0.273. The lowest BCUT2D eigenvalue weighted by Gasteiger charge is -2.27. The standard InChI is InChI=1S/C19H26N4O2/c1-25-13-16(9-14-5-3-2-4-6-14)21-11-15-7-8-23-18(10-15)17(12-22-23)19(20)24/h2-6,12,15-16,21H,7-11,13H2,1H3,(H2,20,24). The average Bonchev–Trinajstić information content (AvgIpc) is 3.04. The minimum atomic E-state index is -0.392. The van der Waals surface area contributed by atoms with Gasteiger partial charge in [-0.3, -0.25) is 9.48 Å². The molecule has 1 aromatic heterocycles. The Morgan fingerprint density at radius 2 is 2.24 bits per heavy atom. The Kier molecular flexibility index (Phi) is 5.83. The molecule has 2 unspecified atom stereocenters. The molecule has 0 saturated heterocycles. The van der Waals surface area contributed by atoms with E-state index in [1.807, 2.05) is 10.7 Å².